The number of rotatable bonds is 8. The second kappa shape index (κ2) is 10.9. The summed E-state index contributed by atoms with van der Waals surface area (Å²) in [5, 5.41) is 21.7. The van der Waals surface area contributed by atoms with Gasteiger partial charge in [-0.3, -0.25) is 10.1 Å². The maximum atomic E-state index is 12.8. The standard InChI is InChI=1S/C25H20ClN5O3S/c1-16-6-3-4-8-21(16)34-15-23-29-30-25(35-23)28-24(32)17(14-27)12-19-7-5-11-31(19)20-13-18(26)9-10-22(20)33-2/h3-13H,15H2,1-2H3,(H,28,30,32). The summed E-state index contributed by atoms with van der Waals surface area (Å²) in [5.74, 6) is 0.751. The van der Waals surface area contributed by atoms with E-state index < -0.39 is 5.91 Å². The fourth-order valence-electron chi connectivity index (χ4n) is 3.26. The molecule has 4 rings (SSSR count). The lowest BCUT2D eigenvalue weighted by molar-refractivity contribution is -0.112. The SMILES string of the molecule is COc1ccc(Cl)cc1-n1cccc1C=C(C#N)C(=O)Nc1nnc(COc2ccccc2C)s1. The molecule has 0 unspecified atom stereocenters. The van der Waals surface area contributed by atoms with Gasteiger partial charge in [0.25, 0.3) is 5.91 Å². The summed E-state index contributed by atoms with van der Waals surface area (Å²) >= 11 is 7.34. The Balaban J connectivity index is 1.49. The molecule has 1 amide bonds. The molecule has 2 aromatic carbocycles. The number of ether oxygens (including phenoxy) is 2. The summed E-state index contributed by atoms with van der Waals surface area (Å²) in [7, 11) is 1.56. The number of para-hydroxylation sites is 1. The Morgan fingerprint density at radius 2 is 2.03 bits per heavy atom. The molecule has 0 saturated heterocycles. The van der Waals surface area contributed by atoms with Crippen LogP contribution in [-0.2, 0) is 11.4 Å². The number of benzene rings is 2. The molecule has 8 nitrogen and oxygen atoms in total. The van der Waals surface area contributed by atoms with Crippen molar-refractivity contribution in [2.75, 3.05) is 12.4 Å². The van der Waals surface area contributed by atoms with Gasteiger partial charge in [0.1, 0.15) is 29.7 Å². The van der Waals surface area contributed by atoms with E-state index in [1.807, 2.05) is 37.3 Å². The Bertz CT molecular complexity index is 1440. The van der Waals surface area contributed by atoms with Gasteiger partial charge in [-0.1, -0.05) is 41.1 Å². The molecule has 0 bridgehead atoms. The van der Waals surface area contributed by atoms with E-state index >= 15 is 0 Å². The molecule has 1 N–H and O–H groups in total. The van der Waals surface area contributed by atoms with Crippen molar-refractivity contribution in [3.63, 3.8) is 0 Å². The number of nitrogens with one attached hydrogen (secondary N) is 1. The molecule has 0 radical (unpaired) electrons. The molecule has 35 heavy (non-hydrogen) atoms. The third-order valence-electron chi connectivity index (χ3n) is 4.97. The van der Waals surface area contributed by atoms with Gasteiger partial charge in [-0.2, -0.15) is 5.26 Å². The van der Waals surface area contributed by atoms with Crippen LogP contribution >= 0.6 is 22.9 Å². The number of aryl methyl sites for hydroxylation is 1. The first-order valence-electron chi connectivity index (χ1n) is 10.4. The number of nitriles is 1. The van der Waals surface area contributed by atoms with Gasteiger partial charge < -0.3 is 14.0 Å². The summed E-state index contributed by atoms with van der Waals surface area (Å²) < 4.78 is 13.0. The molecule has 0 spiro atoms. The van der Waals surface area contributed by atoms with E-state index in [2.05, 4.69) is 15.5 Å². The van der Waals surface area contributed by atoms with E-state index in [4.69, 9.17) is 21.1 Å². The van der Waals surface area contributed by atoms with Gasteiger partial charge in [0.15, 0.2) is 5.01 Å². The van der Waals surface area contributed by atoms with Gasteiger partial charge in [-0.05, 0) is 55.0 Å². The average Bonchev–Trinajstić information content (AvgIpc) is 3.51. The van der Waals surface area contributed by atoms with Gasteiger partial charge in [-0.25, -0.2) is 0 Å². The zero-order valence-electron chi connectivity index (χ0n) is 18.9. The molecule has 0 atom stereocenters. The second-order valence-electron chi connectivity index (χ2n) is 7.30. The van der Waals surface area contributed by atoms with Crippen LogP contribution in [0, 0.1) is 18.3 Å². The molecule has 2 heterocycles. The summed E-state index contributed by atoms with van der Waals surface area (Å²) in [6, 6.07) is 18.4. The fourth-order valence-corrected chi connectivity index (χ4v) is 4.08. The summed E-state index contributed by atoms with van der Waals surface area (Å²) in [5.41, 5.74) is 2.19. The van der Waals surface area contributed by atoms with Crippen LogP contribution in [0.5, 0.6) is 11.5 Å². The van der Waals surface area contributed by atoms with Crippen molar-refractivity contribution in [1.29, 1.82) is 5.26 Å². The van der Waals surface area contributed by atoms with E-state index in [1.165, 1.54) is 17.4 Å². The largest absolute Gasteiger partial charge is 0.495 e. The quantitative estimate of drug-likeness (QED) is 0.253. The number of carbonyl (C=O) groups excluding carboxylic acids is 1. The Kier molecular flexibility index (Phi) is 7.45. The number of methoxy groups -OCH3 is 1. The fraction of sp³-hybridized carbons (Fsp3) is 0.120. The molecular formula is C25H20ClN5O3S. The van der Waals surface area contributed by atoms with Crippen LogP contribution in [0.1, 0.15) is 16.3 Å². The Morgan fingerprint density at radius 3 is 2.80 bits per heavy atom. The molecule has 0 fully saturated rings. The number of nitrogens with zero attached hydrogens (tertiary/aromatic N) is 4. The first-order chi connectivity index (χ1) is 17.0. The number of aromatic nitrogens is 3. The van der Waals surface area contributed by atoms with Crippen LogP contribution in [0.2, 0.25) is 5.02 Å². The average molecular weight is 506 g/mol. The molecule has 176 valence electrons. The number of hydrogen-bond acceptors (Lipinski definition) is 7. The van der Waals surface area contributed by atoms with Crippen molar-refractivity contribution in [1.82, 2.24) is 14.8 Å². The molecule has 0 aliphatic carbocycles. The van der Waals surface area contributed by atoms with Crippen LogP contribution in [-0.4, -0.2) is 27.8 Å². The number of carbonyl (C=O) groups is 1. The van der Waals surface area contributed by atoms with Crippen LogP contribution in [0.3, 0.4) is 0 Å². The van der Waals surface area contributed by atoms with Crippen molar-refractivity contribution in [3.05, 3.63) is 87.7 Å². The van der Waals surface area contributed by atoms with Gasteiger partial charge in [0.05, 0.1) is 12.8 Å². The minimum absolute atomic E-state index is 0.0983. The number of amides is 1. The van der Waals surface area contributed by atoms with Crippen LogP contribution < -0.4 is 14.8 Å². The lowest BCUT2D eigenvalue weighted by atomic mass is 10.2. The van der Waals surface area contributed by atoms with E-state index in [0.29, 0.717) is 27.2 Å². The van der Waals surface area contributed by atoms with Crippen LogP contribution in [0.15, 0.2) is 66.4 Å². The Labute approximate surface area is 211 Å². The van der Waals surface area contributed by atoms with Crippen molar-refractivity contribution < 1.29 is 14.3 Å². The maximum absolute atomic E-state index is 12.8. The number of halogens is 1. The summed E-state index contributed by atoms with van der Waals surface area (Å²) in [6.07, 6.45) is 3.28. The lowest BCUT2D eigenvalue weighted by Gasteiger charge is -2.12. The van der Waals surface area contributed by atoms with Crippen LogP contribution in [0.4, 0.5) is 5.13 Å². The highest BCUT2D eigenvalue weighted by Gasteiger charge is 2.15. The predicted octanol–water partition coefficient (Wildman–Crippen LogP) is 5.42. The second-order valence-corrected chi connectivity index (χ2v) is 8.80. The monoisotopic (exact) mass is 505 g/mol. The first kappa shape index (κ1) is 24.0. The Hall–Kier alpha value is -4.13. The van der Waals surface area contributed by atoms with Crippen molar-refractivity contribution >= 4 is 40.1 Å². The Morgan fingerprint density at radius 1 is 1.20 bits per heavy atom. The lowest BCUT2D eigenvalue weighted by Crippen LogP contribution is -2.13. The minimum atomic E-state index is -0.596. The highest BCUT2D eigenvalue weighted by Crippen LogP contribution is 2.28. The van der Waals surface area contributed by atoms with E-state index in [1.54, 1.807) is 48.2 Å². The van der Waals surface area contributed by atoms with Crippen molar-refractivity contribution in [2.45, 2.75) is 13.5 Å². The molecule has 0 aliphatic heterocycles. The number of hydrogen-bond donors (Lipinski definition) is 1. The number of anilines is 1. The first-order valence-corrected chi connectivity index (χ1v) is 11.6. The highest BCUT2D eigenvalue weighted by molar-refractivity contribution is 7.15. The van der Waals surface area contributed by atoms with Crippen molar-refractivity contribution in [3.8, 4) is 23.3 Å². The van der Waals surface area contributed by atoms with Gasteiger partial charge in [-0.15, -0.1) is 10.2 Å². The van der Waals surface area contributed by atoms with Gasteiger partial charge >= 0.3 is 0 Å². The van der Waals surface area contributed by atoms with E-state index in [9.17, 15) is 10.1 Å². The maximum Gasteiger partial charge on any atom is 0.268 e. The topological polar surface area (TPSA) is 102 Å². The zero-order chi connectivity index (χ0) is 24.8. The zero-order valence-corrected chi connectivity index (χ0v) is 20.4. The summed E-state index contributed by atoms with van der Waals surface area (Å²) in [4.78, 5) is 12.8. The third kappa shape index (κ3) is 5.69. The minimum Gasteiger partial charge on any atom is -0.495 e. The highest BCUT2D eigenvalue weighted by atomic mass is 35.5. The third-order valence-corrected chi connectivity index (χ3v) is 6.02. The normalized spacial score (nSPS) is 11.1. The van der Waals surface area contributed by atoms with Gasteiger partial charge in [0.2, 0.25) is 5.13 Å². The van der Waals surface area contributed by atoms with E-state index in [-0.39, 0.29) is 17.3 Å². The molecular weight excluding hydrogens is 486 g/mol. The predicted molar refractivity (Wildman–Crippen MR) is 135 cm³/mol. The molecule has 0 saturated carbocycles. The molecule has 10 heteroatoms. The smallest absolute Gasteiger partial charge is 0.268 e. The van der Waals surface area contributed by atoms with Crippen LogP contribution in [0.25, 0.3) is 11.8 Å². The summed E-state index contributed by atoms with van der Waals surface area (Å²) in [6.45, 7) is 2.17. The molecule has 2 aromatic heterocycles. The molecule has 4 aromatic rings. The van der Waals surface area contributed by atoms with Gasteiger partial charge in [0, 0.05) is 16.9 Å². The van der Waals surface area contributed by atoms with E-state index in [0.717, 1.165) is 11.3 Å². The van der Waals surface area contributed by atoms with Crippen molar-refractivity contribution in [2.24, 2.45) is 0 Å². The molecule has 0 aliphatic rings.